The van der Waals surface area contributed by atoms with Crippen molar-refractivity contribution in [2.45, 2.75) is 32.1 Å². The van der Waals surface area contributed by atoms with Crippen LogP contribution < -0.4 is 16.1 Å². The summed E-state index contributed by atoms with van der Waals surface area (Å²) in [5.74, 6) is 0.156. The van der Waals surface area contributed by atoms with Gasteiger partial charge < -0.3 is 10.6 Å². The molecule has 0 spiro atoms. The number of amides is 1. The van der Waals surface area contributed by atoms with E-state index in [2.05, 4.69) is 36.3 Å². The predicted octanol–water partition coefficient (Wildman–Crippen LogP) is 4.91. The van der Waals surface area contributed by atoms with Gasteiger partial charge in [-0.15, -0.1) is 10.2 Å². The minimum Gasteiger partial charge on any atom is -0.384 e. The second-order valence-electron chi connectivity index (χ2n) is 7.12. The first-order valence-electron chi connectivity index (χ1n) is 10.5. The number of hydrogen-bond acceptors (Lipinski definition) is 7. The molecule has 3 rings (SSSR count). The van der Waals surface area contributed by atoms with Crippen molar-refractivity contribution in [1.29, 1.82) is 0 Å². The van der Waals surface area contributed by atoms with Crippen molar-refractivity contribution in [2.24, 2.45) is 5.10 Å². The quantitative estimate of drug-likeness (QED) is 0.196. The fourth-order valence-corrected chi connectivity index (χ4v) is 3.34. The molecule has 2 aromatic heterocycles. The number of nitrogens with zero attached hydrogens (tertiary/aromatic N) is 4. The van der Waals surface area contributed by atoms with E-state index in [0.29, 0.717) is 22.5 Å². The maximum absolute atomic E-state index is 11.7. The Labute approximate surface area is 196 Å². The number of hydrogen-bond donors (Lipinski definition) is 3. The molecule has 0 aliphatic heterocycles. The maximum atomic E-state index is 11.7. The topological polar surface area (TPSA) is 104 Å². The zero-order chi connectivity index (χ0) is 22.6. The normalized spacial score (nSPS) is 11.1. The smallest absolute Gasteiger partial charge is 0.264 e. The Morgan fingerprint density at radius 1 is 0.969 bits per heavy atom. The summed E-state index contributed by atoms with van der Waals surface area (Å²) in [4.78, 5) is 16.1. The van der Waals surface area contributed by atoms with Gasteiger partial charge in [0.15, 0.2) is 11.0 Å². The second-order valence-corrected chi connectivity index (χ2v) is 7.94. The summed E-state index contributed by atoms with van der Waals surface area (Å²) in [5.41, 5.74) is 4.59. The second kappa shape index (κ2) is 12.8. The average Bonchev–Trinajstić information content (AvgIpc) is 2.79. The van der Waals surface area contributed by atoms with Gasteiger partial charge in [-0.2, -0.15) is 5.10 Å². The average molecular weight is 474 g/mol. The van der Waals surface area contributed by atoms with Crippen LogP contribution >= 0.6 is 23.2 Å². The third-order valence-corrected chi connectivity index (χ3v) is 5.10. The van der Waals surface area contributed by atoms with E-state index in [4.69, 9.17) is 23.2 Å². The number of halogens is 2. The Hall–Kier alpha value is -2.97. The minimum absolute atomic E-state index is 0.255. The molecule has 10 heteroatoms. The molecule has 3 N–H and O–H groups in total. The highest BCUT2D eigenvalue weighted by atomic mass is 35.5. The van der Waals surface area contributed by atoms with Crippen molar-refractivity contribution >= 4 is 57.7 Å². The van der Waals surface area contributed by atoms with Gasteiger partial charge in [-0.1, -0.05) is 42.5 Å². The lowest BCUT2D eigenvalue weighted by atomic mass is 10.1. The van der Waals surface area contributed by atoms with Gasteiger partial charge in [-0.25, -0.2) is 0 Å². The van der Waals surface area contributed by atoms with Gasteiger partial charge in [0.25, 0.3) is 5.91 Å². The number of carbonyl (C=O) groups is 1. The van der Waals surface area contributed by atoms with E-state index in [1.807, 2.05) is 24.3 Å². The Morgan fingerprint density at radius 2 is 1.78 bits per heavy atom. The van der Waals surface area contributed by atoms with Crippen molar-refractivity contribution in [3.05, 3.63) is 52.8 Å². The highest BCUT2D eigenvalue weighted by molar-refractivity contribution is 6.31. The number of nitrogens with one attached hydrogen (secondary N) is 3. The number of hydrazone groups is 1. The summed E-state index contributed by atoms with van der Waals surface area (Å²) in [7, 11) is 0. The molecule has 0 fully saturated rings. The van der Waals surface area contributed by atoms with Gasteiger partial charge >= 0.3 is 0 Å². The number of carbonyl (C=O) groups excluding carboxylic acids is 1. The van der Waals surface area contributed by atoms with E-state index >= 15 is 0 Å². The van der Waals surface area contributed by atoms with Crippen LogP contribution in [0.3, 0.4) is 0 Å². The van der Waals surface area contributed by atoms with Gasteiger partial charge in [-0.3, -0.25) is 15.2 Å². The summed E-state index contributed by atoms with van der Waals surface area (Å²) >= 11 is 11.7. The molecule has 1 aromatic carbocycles. The number of unbranched alkanes of at least 4 members (excludes halogenated alkanes) is 4. The van der Waals surface area contributed by atoms with Gasteiger partial charge in [-0.05, 0) is 49.2 Å². The van der Waals surface area contributed by atoms with Gasteiger partial charge in [0, 0.05) is 35.4 Å². The number of aromatic nitrogens is 3. The molecular formula is C22H25Cl2N7O. The van der Waals surface area contributed by atoms with Crippen LogP contribution in [0.1, 0.15) is 32.1 Å². The van der Waals surface area contributed by atoms with Gasteiger partial charge in [0.1, 0.15) is 6.21 Å². The van der Waals surface area contributed by atoms with Gasteiger partial charge in [0.2, 0.25) is 0 Å². The molecule has 32 heavy (non-hydrogen) atoms. The molecule has 0 saturated carbocycles. The molecule has 3 aromatic rings. The first-order chi connectivity index (χ1) is 15.6. The van der Waals surface area contributed by atoms with E-state index in [1.165, 1.54) is 6.21 Å². The number of benzene rings is 1. The molecule has 0 aliphatic carbocycles. The summed E-state index contributed by atoms with van der Waals surface area (Å²) in [6.07, 6.45) is 8.29. The monoisotopic (exact) mass is 473 g/mol. The summed E-state index contributed by atoms with van der Waals surface area (Å²) in [6, 6.07) is 10.9. The molecule has 0 radical (unpaired) electrons. The predicted molar refractivity (Wildman–Crippen MR) is 130 cm³/mol. The molecule has 0 bridgehead atoms. The number of anilines is 2. The summed E-state index contributed by atoms with van der Waals surface area (Å²) < 4.78 is 0. The van der Waals surface area contributed by atoms with Crippen molar-refractivity contribution in [3.63, 3.8) is 0 Å². The van der Waals surface area contributed by atoms with Crippen LogP contribution in [0.5, 0.6) is 0 Å². The maximum Gasteiger partial charge on any atom is 0.264 e. The molecular weight excluding hydrogens is 449 g/mol. The fraction of sp³-hybridized carbons (Fsp3) is 0.318. The van der Waals surface area contributed by atoms with Crippen LogP contribution in [0, 0.1) is 0 Å². The number of fused-ring (bicyclic) bond motifs is 1. The Bertz CT molecular complexity index is 1040. The molecule has 0 unspecified atom stereocenters. The first kappa shape index (κ1) is 23.7. The first-order valence-corrected chi connectivity index (χ1v) is 11.2. The molecule has 8 nitrogen and oxygen atoms in total. The van der Waals surface area contributed by atoms with Crippen molar-refractivity contribution < 1.29 is 4.79 Å². The van der Waals surface area contributed by atoms with Crippen LogP contribution in [0.25, 0.3) is 10.9 Å². The van der Waals surface area contributed by atoms with Crippen LogP contribution in [0.4, 0.5) is 11.5 Å². The highest BCUT2D eigenvalue weighted by Gasteiger charge is 2.02. The van der Waals surface area contributed by atoms with E-state index in [-0.39, 0.29) is 5.91 Å². The lowest BCUT2D eigenvalue weighted by Crippen LogP contribution is -2.25. The molecule has 0 aliphatic rings. The van der Waals surface area contributed by atoms with E-state index in [1.54, 1.807) is 18.3 Å². The summed E-state index contributed by atoms with van der Waals surface area (Å²) in [6.45, 7) is 1.52. The zero-order valence-electron chi connectivity index (χ0n) is 17.5. The standard InChI is InChI=1S/C22H25Cl2N7O/c23-16-6-7-17-18(10-13-26-19(17)14-16)25-11-4-2-1-3-5-12-27-22(32)15-28-30-21-9-8-20(24)29-31-21/h6-10,13-15H,1-5,11-12H2,(H,25,26)(H,27,32)(H,30,31)/b28-15+. The van der Waals surface area contributed by atoms with Crippen LogP contribution in [-0.2, 0) is 4.79 Å². The molecule has 168 valence electrons. The SMILES string of the molecule is O=C(/C=N/Nc1ccc(Cl)nn1)NCCCCCCCNc1ccnc2cc(Cl)ccc12. The van der Waals surface area contributed by atoms with E-state index in [9.17, 15) is 4.79 Å². The summed E-state index contributed by atoms with van der Waals surface area (Å²) in [5, 5.41) is 19.6. The van der Waals surface area contributed by atoms with Crippen LogP contribution in [0.2, 0.25) is 10.2 Å². The van der Waals surface area contributed by atoms with Crippen LogP contribution in [-0.4, -0.2) is 40.4 Å². The number of pyridine rings is 1. The lowest BCUT2D eigenvalue weighted by Gasteiger charge is -2.09. The van der Waals surface area contributed by atoms with Crippen LogP contribution in [0.15, 0.2) is 47.7 Å². The highest BCUT2D eigenvalue weighted by Crippen LogP contribution is 2.24. The third kappa shape index (κ3) is 7.94. The molecule has 2 heterocycles. The Morgan fingerprint density at radius 3 is 2.59 bits per heavy atom. The molecule has 1 amide bonds. The van der Waals surface area contributed by atoms with E-state index in [0.717, 1.165) is 55.2 Å². The number of rotatable bonds is 12. The van der Waals surface area contributed by atoms with Crippen molar-refractivity contribution in [3.8, 4) is 0 Å². The van der Waals surface area contributed by atoms with Gasteiger partial charge in [0.05, 0.1) is 5.52 Å². The van der Waals surface area contributed by atoms with Crippen molar-refractivity contribution in [2.75, 3.05) is 23.8 Å². The largest absolute Gasteiger partial charge is 0.384 e. The third-order valence-electron chi connectivity index (χ3n) is 4.67. The van der Waals surface area contributed by atoms with Crippen molar-refractivity contribution in [1.82, 2.24) is 20.5 Å². The fourth-order valence-electron chi connectivity index (χ4n) is 3.07. The Kier molecular flexibility index (Phi) is 9.46. The zero-order valence-corrected chi connectivity index (χ0v) is 19.0. The molecule has 0 atom stereocenters. The molecule has 0 saturated heterocycles. The lowest BCUT2D eigenvalue weighted by molar-refractivity contribution is -0.114. The minimum atomic E-state index is -0.255. The Balaban J connectivity index is 1.22. The van der Waals surface area contributed by atoms with E-state index < -0.39 is 0 Å².